The van der Waals surface area contributed by atoms with Crippen molar-refractivity contribution in [2.24, 2.45) is 0 Å². The number of aromatic carboxylic acids is 1. The summed E-state index contributed by atoms with van der Waals surface area (Å²) in [4.78, 5) is 18.4. The Bertz CT molecular complexity index is 597. The molecule has 18 heavy (non-hydrogen) atoms. The summed E-state index contributed by atoms with van der Waals surface area (Å²) in [6, 6.07) is 5.71. The summed E-state index contributed by atoms with van der Waals surface area (Å²) in [7, 11) is 0. The first-order valence-electron chi connectivity index (χ1n) is 5.36. The van der Waals surface area contributed by atoms with Crippen LogP contribution in [-0.4, -0.2) is 21.0 Å². The minimum absolute atomic E-state index is 0.141. The van der Waals surface area contributed by atoms with E-state index < -0.39 is 5.97 Å². The van der Waals surface area contributed by atoms with Gasteiger partial charge in [0, 0.05) is 0 Å². The van der Waals surface area contributed by atoms with Gasteiger partial charge in [-0.2, -0.15) is 0 Å². The molecule has 2 rings (SSSR count). The number of aromatic nitrogens is 2. The van der Waals surface area contributed by atoms with E-state index in [0.29, 0.717) is 5.75 Å². The van der Waals surface area contributed by atoms with E-state index in [2.05, 4.69) is 9.97 Å². The lowest BCUT2D eigenvalue weighted by molar-refractivity contribution is 0.0689. The van der Waals surface area contributed by atoms with E-state index >= 15 is 0 Å². The fourth-order valence-corrected chi connectivity index (χ4v) is 1.53. The molecule has 0 saturated carbocycles. The van der Waals surface area contributed by atoms with Gasteiger partial charge < -0.3 is 9.84 Å². The van der Waals surface area contributed by atoms with Gasteiger partial charge >= 0.3 is 5.97 Å². The van der Waals surface area contributed by atoms with Crippen molar-refractivity contribution in [3.05, 3.63) is 47.4 Å². The Labute approximate surface area is 104 Å². The van der Waals surface area contributed by atoms with Crippen molar-refractivity contribution in [2.45, 2.75) is 13.8 Å². The van der Waals surface area contributed by atoms with Gasteiger partial charge in [0.15, 0.2) is 5.69 Å². The minimum atomic E-state index is -1.13. The Balaban J connectivity index is 2.28. The predicted octanol–water partition coefficient (Wildman–Crippen LogP) is 2.58. The van der Waals surface area contributed by atoms with E-state index in [1.165, 1.54) is 12.4 Å². The highest BCUT2D eigenvalue weighted by Crippen LogP contribution is 2.23. The van der Waals surface area contributed by atoms with Crippen molar-refractivity contribution < 1.29 is 14.6 Å². The molecule has 0 aliphatic heterocycles. The van der Waals surface area contributed by atoms with Crippen molar-refractivity contribution in [1.29, 1.82) is 0 Å². The molecule has 5 nitrogen and oxygen atoms in total. The van der Waals surface area contributed by atoms with E-state index in [4.69, 9.17) is 9.84 Å². The molecule has 1 heterocycles. The number of hydrogen-bond acceptors (Lipinski definition) is 4. The van der Waals surface area contributed by atoms with E-state index in [0.717, 1.165) is 11.1 Å². The van der Waals surface area contributed by atoms with Gasteiger partial charge in [0.2, 0.25) is 5.88 Å². The standard InChI is InChI=1S/C13H12N2O3/c1-8-3-4-11(9(2)5-8)18-12-7-14-6-10(15-12)13(16)17/h3-7H,1-2H3,(H,16,17). The number of aryl methyl sites for hydroxylation is 2. The molecule has 1 N–H and O–H groups in total. The molecule has 0 amide bonds. The van der Waals surface area contributed by atoms with Crippen molar-refractivity contribution in [3.8, 4) is 11.6 Å². The SMILES string of the molecule is Cc1ccc(Oc2cncc(C(=O)O)n2)c(C)c1. The lowest BCUT2D eigenvalue weighted by atomic mass is 10.1. The maximum Gasteiger partial charge on any atom is 0.356 e. The van der Waals surface area contributed by atoms with Gasteiger partial charge in [-0.05, 0) is 25.5 Å². The molecule has 0 atom stereocenters. The van der Waals surface area contributed by atoms with E-state index in [1.807, 2.05) is 32.0 Å². The van der Waals surface area contributed by atoms with Crippen LogP contribution in [0.3, 0.4) is 0 Å². The van der Waals surface area contributed by atoms with Gasteiger partial charge in [0.05, 0.1) is 12.4 Å². The maximum absolute atomic E-state index is 10.8. The highest BCUT2D eigenvalue weighted by molar-refractivity contribution is 5.84. The molecule has 92 valence electrons. The van der Waals surface area contributed by atoms with Crippen LogP contribution in [0.15, 0.2) is 30.6 Å². The summed E-state index contributed by atoms with van der Waals surface area (Å²) in [6.07, 6.45) is 2.56. The Hall–Kier alpha value is -2.43. The molecular formula is C13H12N2O3. The summed E-state index contributed by atoms with van der Waals surface area (Å²) >= 11 is 0. The zero-order valence-electron chi connectivity index (χ0n) is 10.0. The summed E-state index contributed by atoms with van der Waals surface area (Å²) < 4.78 is 5.52. The van der Waals surface area contributed by atoms with Crippen molar-refractivity contribution >= 4 is 5.97 Å². The van der Waals surface area contributed by atoms with E-state index in [-0.39, 0.29) is 11.6 Å². The van der Waals surface area contributed by atoms with Crippen molar-refractivity contribution in [2.75, 3.05) is 0 Å². The lowest BCUT2D eigenvalue weighted by Crippen LogP contribution is -2.02. The average molecular weight is 244 g/mol. The second-order valence-electron chi connectivity index (χ2n) is 3.92. The Morgan fingerprint density at radius 3 is 2.72 bits per heavy atom. The highest BCUT2D eigenvalue weighted by atomic mass is 16.5. The monoisotopic (exact) mass is 244 g/mol. The molecular weight excluding hydrogens is 232 g/mol. The van der Waals surface area contributed by atoms with Crippen molar-refractivity contribution in [3.63, 3.8) is 0 Å². The first kappa shape index (κ1) is 12.0. The van der Waals surface area contributed by atoms with Crippen LogP contribution >= 0.6 is 0 Å². The fraction of sp³-hybridized carbons (Fsp3) is 0.154. The summed E-state index contributed by atoms with van der Waals surface area (Å²) in [6.45, 7) is 3.90. The Morgan fingerprint density at radius 2 is 2.06 bits per heavy atom. The minimum Gasteiger partial charge on any atom is -0.476 e. The lowest BCUT2D eigenvalue weighted by Gasteiger charge is -2.08. The zero-order chi connectivity index (χ0) is 13.1. The van der Waals surface area contributed by atoms with Crippen LogP contribution < -0.4 is 4.74 Å². The number of hydrogen-bond donors (Lipinski definition) is 1. The van der Waals surface area contributed by atoms with Gasteiger partial charge in [0.25, 0.3) is 0 Å². The maximum atomic E-state index is 10.8. The molecule has 0 saturated heterocycles. The Kier molecular flexibility index (Phi) is 3.23. The van der Waals surface area contributed by atoms with Crippen LogP contribution in [0.2, 0.25) is 0 Å². The van der Waals surface area contributed by atoms with Crippen LogP contribution in [0, 0.1) is 13.8 Å². The fourth-order valence-electron chi connectivity index (χ4n) is 1.53. The Morgan fingerprint density at radius 1 is 1.28 bits per heavy atom. The third kappa shape index (κ3) is 2.63. The van der Waals surface area contributed by atoms with Gasteiger partial charge in [0.1, 0.15) is 5.75 Å². The molecule has 1 aromatic heterocycles. The smallest absolute Gasteiger partial charge is 0.356 e. The largest absolute Gasteiger partial charge is 0.476 e. The van der Waals surface area contributed by atoms with Crippen LogP contribution in [0.1, 0.15) is 21.6 Å². The van der Waals surface area contributed by atoms with Crippen LogP contribution in [0.25, 0.3) is 0 Å². The highest BCUT2D eigenvalue weighted by Gasteiger charge is 2.08. The molecule has 0 spiro atoms. The molecule has 5 heteroatoms. The molecule has 1 aromatic carbocycles. The normalized spacial score (nSPS) is 10.1. The first-order chi connectivity index (χ1) is 8.56. The third-order valence-electron chi connectivity index (χ3n) is 2.38. The van der Waals surface area contributed by atoms with E-state index in [9.17, 15) is 4.79 Å². The molecule has 0 unspecified atom stereocenters. The zero-order valence-corrected chi connectivity index (χ0v) is 10.0. The topological polar surface area (TPSA) is 72.3 Å². The van der Waals surface area contributed by atoms with Gasteiger partial charge in [-0.15, -0.1) is 0 Å². The molecule has 2 aromatic rings. The molecule has 0 aliphatic rings. The number of carbonyl (C=O) groups is 1. The average Bonchev–Trinajstić information content (AvgIpc) is 2.33. The first-order valence-corrected chi connectivity index (χ1v) is 5.36. The predicted molar refractivity (Wildman–Crippen MR) is 65.0 cm³/mol. The summed E-state index contributed by atoms with van der Waals surface area (Å²) in [5, 5.41) is 8.81. The van der Waals surface area contributed by atoms with Gasteiger partial charge in [-0.1, -0.05) is 17.7 Å². The quantitative estimate of drug-likeness (QED) is 0.898. The van der Waals surface area contributed by atoms with Gasteiger partial charge in [-0.3, -0.25) is 4.98 Å². The van der Waals surface area contributed by atoms with E-state index in [1.54, 1.807) is 0 Å². The van der Waals surface area contributed by atoms with Crippen molar-refractivity contribution in [1.82, 2.24) is 9.97 Å². The van der Waals surface area contributed by atoms with Gasteiger partial charge in [-0.25, -0.2) is 9.78 Å². The number of benzene rings is 1. The number of rotatable bonds is 3. The molecule has 0 bridgehead atoms. The van der Waals surface area contributed by atoms with Crippen LogP contribution in [0.5, 0.6) is 11.6 Å². The number of carboxylic acid groups (broad SMARTS) is 1. The molecule has 0 fully saturated rings. The molecule has 0 aliphatic carbocycles. The summed E-state index contributed by atoms with van der Waals surface area (Å²) in [5.74, 6) is -0.326. The summed E-state index contributed by atoms with van der Waals surface area (Å²) in [5.41, 5.74) is 1.94. The second kappa shape index (κ2) is 4.83. The van der Waals surface area contributed by atoms with Crippen LogP contribution in [0.4, 0.5) is 0 Å². The van der Waals surface area contributed by atoms with Crippen LogP contribution in [-0.2, 0) is 0 Å². The number of nitrogens with zero attached hydrogens (tertiary/aromatic N) is 2. The third-order valence-corrected chi connectivity index (χ3v) is 2.38. The second-order valence-corrected chi connectivity index (χ2v) is 3.92. The number of carboxylic acids is 1. The molecule has 0 radical (unpaired) electrons. The number of ether oxygens (including phenoxy) is 1.